The van der Waals surface area contributed by atoms with E-state index in [0.29, 0.717) is 11.3 Å². The SMILES string of the molecule is CC(C)c1cc(N)cnc1C(=O)O. The predicted molar refractivity (Wildman–Crippen MR) is 49.7 cm³/mol. The molecule has 0 fully saturated rings. The minimum absolute atomic E-state index is 0.0872. The fraction of sp³-hybridized carbons (Fsp3) is 0.333. The Bertz CT molecular complexity index is 334. The van der Waals surface area contributed by atoms with E-state index in [2.05, 4.69) is 4.98 Å². The fourth-order valence-electron chi connectivity index (χ4n) is 1.12. The highest BCUT2D eigenvalue weighted by Gasteiger charge is 2.14. The summed E-state index contributed by atoms with van der Waals surface area (Å²) in [6, 6.07) is 1.65. The molecule has 70 valence electrons. The molecule has 0 aromatic carbocycles. The van der Waals surface area contributed by atoms with Crippen LogP contribution in [-0.4, -0.2) is 16.1 Å². The van der Waals surface area contributed by atoms with Crippen molar-refractivity contribution in [1.29, 1.82) is 0 Å². The van der Waals surface area contributed by atoms with Crippen LogP contribution in [0, 0.1) is 0 Å². The van der Waals surface area contributed by atoms with E-state index in [1.165, 1.54) is 6.20 Å². The first-order valence-corrected chi connectivity index (χ1v) is 4.01. The second-order valence-corrected chi connectivity index (χ2v) is 3.17. The van der Waals surface area contributed by atoms with Crippen molar-refractivity contribution in [2.24, 2.45) is 0 Å². The lowest BCUT2D eigenvalue weighted by Gasteiger charge is -2.08. The Morgan fingerprint density at radius 2 is 2.23 bits per heavy atom. The highest BCUT2D eigenvalue weighted by atomic mass is 16.4. The number of carboxylic acid groups (broad SMARTS) is 1. The van der Waals surface area contributed by atoms with E-state index >= 15 is 0 Å². The lowest BCUT2D eigenvalue weighted by molar-refractivity contribution is 0.0689. The van der Waals surface area contributed by atoms with Gasteiger partial charge in [-0.3, -0.25) is 0 Å². The predicted octanol–water partition coefficient (Wildman–Crippen LogP) is 1.49. The summed E-state index contributed by atoms with van der Waals surface area (Å²) in [7, 11) is 0. The van der Waals surface area contributed by atoms with Crippen molar-refractivity contribution >= 4 is 11.7 Å². The number of anilines is 1. The van der Waals surface area contributed by atoms with Gasteiger partial charge in [0.15, 0.2) is 5.69 Å². The number of aromatic carboxylic acids is 1. The van der Waals surface area contributed by atoms with Crippen molar-refractivity contribution in [1.82, 2.24) is 4.98 Å². The minimum Gasteiger partial charge on any atom is -0.477 e. The van der Waals surface area contributed by atoms with Crippen LogP contribution in [-0.2, 0) is 0 Å². The van der Waals surface area contributed by atoms with Gasteiger partial charge in [-0.05, 0) is 17.5 Å². The number of rotatable bonds is 2. The fourth-order valence-corrected chi connectivity index (χ4v) is 1.12. The number of carboxylic acids is 1. The largest absolute Gasteiger partial charge is 0.477 e. The maximum Gasteiger partial charge on any atom is 0.354 e. The number of nitrogens with two attached hydrogens (primary N) is 1. The third-order valence-electron chi connectivity index (χ3n) is 1.76. The van der Waals surface area contributed by atoms with Crippen LogP contribution in [0.15, 0.2) is 12.3 Å². The van der Waals surface area contributed by atoms with Crippen LogP contribution in [0.1, 0.15) is 35.8 Å². The molecular weight excluding hydrogens is 168 g/mol. The number of nitrogen functional groups attached to an aromatic ring is 1. The molecule has 4 heteroatoms. The van der Waals surface area contributed by atoms with Crippen LogP contribution in [0.4, 0.5) is 5.69 Å². The van der Waals surface area contributed by atoms with Crippen LogP contribution in [0.2, 0.25) is 0 Å². The third-order valence-corrected chi connectivity index (χ3v) is 1.76. The lowest BCUT2D eigenvalue weighted by atomic mass is 10.0. The van der Waals surface area contributed by atoms with Gasteiger partial charge in [0.05, 0.1) is 11.9 Å². The highest BCUT2D eigenvalue weighted by molar-refractivity contribution is 5.87. The Labute approximate surface area is 76.4 Å². The van der Waals surface area contributed by atoms with Crippen molar-refractivity contribution in [3.05, 3.63) is 23.5 Å². The van der Waals surface area contributed by atoms with Crippen LogP contribution in [0.25, 0.3) is 0 Å². The molecule has 3 N–H and O–H groups in total. The average Bonchev–Trinajstić information content (AvgIpc) is 2.03. The summed E-state index contributed by atoms with van der Waals surface area (Å²) < 4.78 is 0. The number of pyridine rings is 1. The normalized spacial score (nSPS) is 10.4. The van der Waals surface area contributed by atoms with E-state index < -0.39 is 5.97 Å². The van der Waals surface area contributed by atoms with Gasteiger partial charge in [-0.25, -0.2) is 9.78 Å². The molecule has 1 aromatic heterocycles. The van der Waals surface area contributed by atoms with E-state index in [-0.39, 0.29) is 11.6 Å². The molecule has 0 atom stereocenters. The van der Waals surface area contributed by atoms with Crippen LogP contribution in [0.3, 0.4) is 0 Å². The summed E-state index contributed by atoms with van der Waals surface area (Å²) in [6.07, 6.45) is 1.36. The minimum atomic E-state index is -1.01. The highest BCUT2D eigenvalue weighted by Crippen LogP contribution is 2.19. The zero-order valence-electron chi connectivity index (χ0n) is 7.61. The van der Waals surface area contributed by atoms with E-state index in [1.807, 2.05) is 13.8 Å². The van der Waals surface area contributed by atoms with Crippen LogP contribution >= 0.6 is 0 Å². The van der Waals surface area contributed by atoms with E-state index in [4.69, 9.17) is 10.8 Å². The van der Waals surface area contributed by atoms with Crippen molar-refractivity contribution in [2.45, 2.75) is 19.8 Å². The van der Waals surface area contributed by atoms with Crippen molar-refractivity contribution in [2.75, 3.05) is 5.73 Å². The van der Waals surface area contributed by atoms with Crippen LogP contribution < -0.4 is 5.73 Å². The molecule has 0 aliphatic rings. The van der Waals surface area contributed by atoms with Gasteiger partial charge in [-0.1, -0.05) is 13.8 Å². The molecule has 0 saturated carbocycles. The third kappa shape index (κ3) is 1.96. The van der Waals surface area contributed by atoms with Gasteiger partial charge in [-0.2, -0.15) is 0 Å². The summed E-state index contributed by atoms with van der Waals surface area (Å²) in [5, 5.41) is 8.80. The van der Waals surface area contributed by atoms with Gasteiger partial charge < -0.3 is 10.8 Å². The molecule has 0 bridgehead atoms. The molecule has 1 aromatic rings. The van der Waals surface area contributed by atoms with Gasteiger partial charge in [0.2, 0.25) is 0 Å². The second kappa shape index (κ2) is 3.43. The quantitative estimate of drug-likeness (QED) is 0.722. The number of carbonyl (C=O) groups is 1. The van der Waals surface area contributed by atoms with Gasteiger partial charge in [0, 0.05) is 0 Å². The number of hydrogen-bond acceptors (Lipinski definition) is 3. The molecule has 4 nitrogen and oxygen atoms in total. The molecular formula is C9H12N2O2. The smallest absolute Gasteiger partial charge is 0.354 e. The summed E-state index contributed by atoms with van der Waals surface area (Å²) in [5.41, 5.74) is 6.76. The zero-order valence-corrected chi connectivity index (χ0v) is 7.61. The maximum absolute atomic E-state index is 10.7. The Morgan fingerprint density at radius 3 is 2.69 bits per heavy atom. The molecule has 0 radical (unpaired) electrons. The first-order valence-electron chi connectivity index (χ1n) is 4.01. The molecule has 1 heterocycles. The number of nitrogens with zero attached hydrogens (tertiary/aromatic N) is 1. The second-order valence-electron chi connectivity index (χ2n) is 3.17. The molecule has 0 spiro atoms. The van der Waals surface area contributed by atoms with E-state index in [0.717, 1.165) is 0 Å². The summed E-state index contributed by atoms with van der Waals surface area (Å²) in [6.45, 7) is 3.81. The lowest BCUT2D eigenvalue weighted by Crippen LogP contribution is -2.07. The molecule has 0 aliphatic carbocycles. The van der Waals surface area contributed by atoms with Gasteiger partial charge >= 0.3 is 5.97 Å². The first-order chi connectivity index (χ1) is 6.02. The summed E-state index contributed by atoms with van der Waals surface area (Å²) in [4.78, 5) is 14.5. The Kier molecular flexibility index (Phi) is 2.51. The Hall–Kier alpha value is -1.58. The van der Waals surface area contributed by atoms with E-state index in [9.17, 15) is 4.79 Å². The standard InChI is InChI=1S/C9H12N2O2/c1-5(2)7-3-6(10)4-11-8(7)9(12)13/h3-5H,10H2,1-2H3,(H,12,13). The maximum atomic E-state index is 10.7. The summed E-state index contributed by atoms with van der Waals surface area (Å²) >= 11 is 0. The van der Waals surface area contributed by atoms with Gasteiger partial charge in [-0.15, -0.1) is 0 Å². The van der Waals surface area contributed by atoms with Crippen molar-refractivity contribution < 1.29 is 9.90 Å². The van der Waals surface area contributed by atoms with Crippen LogP contribution in [0.5, 0.6) is 0 Å². The molecule has 0 amide bonds. The summed E-state index contributed by atoms with van der Waals surface area (Å²) in [5.74, 6) is -0.897. The van der Waals surface area contributed by atoms with Gasteiger partial charge in [0.1, 0.15) is 0 Å². The first kappa shape index (κ1) is 9.51. The van der Waals surface area contributed by atoms with Crippen molar-refractivity contribution in [3.63, 3.8) is 0 Å². The monoisotopic (exact) mass is 180 g/mol. The topological polar surface area (TPSA) is 76.2 Å². The molecule has 0 saturated heterocycles. The molecule has 1 rings (SSSR count). The molecule has 13 heavy (non-hydrogen) atoms. The molecule has 0 unspecified atom stereocenters. The van der Waals surface area contributed by atoms with E-state index in [1.54, 1.807) is 6.07 Å². The Morgan fingerprint density at radius 1 is 1.62 bits per heavy atom. The average molecular weight is 180 g/mol. The van der Waals surface area contributed by atoms with Crippen molar-refractivity contribution in [3.8, 4) is 0 Å². The number of hydrogen-bond donors (Lipinski definition) is 2. The zero-order chi connectivity index (χ0) is 10.0. The van der Waals surface area contributed by atoms with Gasteiger partial charge in [0.25, 0.3) is 0 Å². The molecule has 0 aliphatic heterocycles. The Balaban J connectivity index is 3.26. The number of aromatic nitrogens is 1.